The van der Waals surface area contributed by atoms with Crippen LogP contribution in [0.3, 0.4) is 0 Å². The number of carbonyl (C=O) groups excluding carboxylic acids is 1. The molecule has 0 aliphatic heterocycles. The first-order valence-corrected chi connectivity index (χ1v) is 13.1. The third-order valence-corrected chi connectivity index (χ3v) is 7.13. The number of fused-ring (bicyclic) bond motifs is 2. The molecule has 2 bridgehead atoms. The maximum atomic E-state index is 12.7. The van der Waals surface area contributed by atoms with E-state index in [0.717, 1.165) is 24.1 Å². The first kappa shape index (κ1) is 28.1. The van der Waals surface area contributed by atoms with E-state index < -0.39 is 5.60 Å². The van der Waals surface area contributed by atoms with Crippen molar-refractivity contribution in [3.05, 3.63) is 65.7 Å². The highest BCUT2D eigenvalue weighted by Gasteiger charge is 2.51. The van der Waals surface area contributed by atoms with Crippen LogP contribution in [0.25, 0.3) is 0 Å². The SMILES string of the molecule is CC.CC.CC(C(=O)Oc1cccc([C@]2(O)CC3CC[C@H](C3)C2CN(C)C)c1)c1ccccc1. The maximum Gasteiger partial charge on any atom is 0.318 e. The molecule has 34 heavy (non-hydrogen) atoms. The van der Waals surface area contributed by atoms with Gasteiger partial charge >= 0.3 is 5.97 Å². The minimum Gasteiger partial charge on any atom is -0.426 e. The molecule has 0 aromatic heterocycles. The number of hydrogen-bond acceptors (Lipinski definition) is 4. The number of carbonyl (C=O) groups is 1. The average molecular weight is 468 g/mol. The quantitative estimate of drug-likeness (QED) is 0.382. The molecule has 2 aromatic rings. The van der Waals surface area contributed by atoms with Gasteiger partial charge in [0.2, 0.25) is 0 Å². The molecule has 0 spiro atoms. The van der Waals surface area contributed by atoms with Gasteiger partial charge in [-0.2, -0.15) is 0 Å². The van der Waals surface area contributed by atoms with Crippen LogP contribution >= 0.6 is 0 Å². The van der Waals surface area contributed by atoms with Crippen molar-refractivity contribution in [2.24, 2.45) is 17.8 Å². The Morgan fingerprint density at radius 2 is 1.74 bits per heavy atom. The lowest BCUT2D eigenvalue weighted by molar-refractivity contribution is -0.135. The van der Waals surface area contributed by atoms with Crippen LogP contribution in [0.2, 0.25) is 0 Å². The van der Waals surface area contributed by atoms with Crippen molar-refractivity contribution in [3.63, 3.8) is 0 Å². The van der Waals surface area contributed by atoms with Crippen LogP contribution in [0.15, 0.2) is 54.6 Å². The predicted octanol–water partition coefficient (Wildman–Crippen LogP) is 6.63. The van der Waals surface area contributed by atoms with E-state index in [1.54, 1.807) is 6.07 Å². The van der Waals surface area contributed by atoms with Crippen LogP contribution < -0.4 is 4.74 Å². The highest BCUT2D eigenvalue weighted by Crippen LogP contribution is 2.54. The second-order valence-electron chi connectivity index (χ2n) is 9.52. The first-order chi connectivity index (χ1) is 16.4. The third-order valence-electron chi connectivity index (χ3n) is 7.13. The number of nitrogens with zero attached hydrogens (tertiary/aromatic N) is 1. The largest absolute Gasteiger partial charge is 0.426 e. The van der Waals surface area contributed by atoms with Gasteiger partial charge in [0.15, 0.2) is 0 Å². The van der Waals surface area contributed by atoms with Crippen molar-refractivity contribution in [3.8, 4) is 5.75 Å². The lowest BCUT2D eigenvalue weighted by atomic mass is 9.66. The number of ether oxygens (including phenoxy) is 1. The van der Waals surface area contributed by atoms with Crippen molar-refractivity contribution in [2.45, 2.75) is 71.8 Å². The van der Waals surface area contributed by atoms with Crippen LogP contribution in [0, 0.1) is 17.8 Å². The molecule has 2 fully saturated rings. The Hall–Kier alpha value is -2.17. The fourth-order valence-electron chi connectivity index (χ4n) is 5.58. The molecule has 3 unspecified atom stereocenters. The van der Waals surface area contributed by atoms with Gasteiger partial charge < -0.3 is 14.7 Å². The molecule has 4 rings (SSSR count). The molecular formula is C30H45NO3. The number of esters is 1. The smallest absolute Gasteiger partial charge is 0.318 e. The Bertz CT molecular complexity index is 882. The predicted molar refractivity (Wildman–Crippen MR) is 141 cm³/mol. The van der Waals surface area contributed by atoms with Crippen molar-refractivity contribution in [1.29, 1.82) is 0 Å². The minimum atomic E-state index is -0.873. The Balaban J connectivity index is 0.000000970. The number of benzene rings is 2. The average Bonchev–Trinajstić information content (AvgIpc) is 3.27. The summed E-state index contributed by atoms with van der Waals surface area (Å²) >= 11 is 0. The maximum absolute atomic E-state index is 12.7. The van der Waals surface area contributed by atoms with E-state index in [0.29, 0.717) is 17.6 Å². The second kappa shape index (κ2) is 13.1. The molecule has 4 nitrogen and oxygen atoms in total. The van der Waals surface area contributed by atoms with E-state index in [1.165, 1.54) is 19.3 Å². The van der Waals surface area contributed by atoms with Gasteiger partial charge in [-0.3, -0.25) is 4.79 Å². The van der Waals surface area contributed by atoms with Crippen molar-refractivity contribution in [1.82, 2.24) is 4.90 Å². The molecule has 188 valence electrons. The van der Waals surface area contributed by atoms with Crippen molar-refractivity contribution < 1.29 is 14.6 Å². The Morgan fingerprint density at radius 1 is 1.06 bits per heavy atom. The first-order valence-electron chi connectivity index (χ1n) is 13.1. The fraction of sp³-hybridized carbons (Fsp3) is 0.567. The van der Waals surface area contributed by atoms with Crippen LogP contribution in [-0.2, 0) is 10.4 Å². The summed E-state index contributed by atoms with van der Waals surface area (Å²) in [6, 6.07) is 17.2. The number of aliphatic hydroxyl groups is 1. The van der Waals surface area contributed by atoms with Gasteiger partial charge in [0.05, 0.1) is 11.5 Å². The fourth-order valence-corrected chi connectivity index (χ4v) is 5.58. The summed E-state index contributed by atoms with van der Waals surface area (Å²) < 4.78 is 5.73. The van der Waals surface area contributed by atoms with Gasteiger partial charge in [-0.25, -0.2) is 0 Å². The van der Waals surface area contributed by atoms with Crippen LogP contribution in [0.4, 0.5) is 0 Å². The van der Waals surface area contributed by atoms with Gasteiger partial charge in [0.25, 0.3) is 0 Å². The zero-order valence-corrected chi connectivity index (χ0v) is 22.3. The summed E-state index contributed by atoms with van der Waals surface area (Å²) in [6.07, 6.45) is 4.43. The molecule has 2 aromatic carbocycles. The van der Waals surface area contributed by atoms with E-state index in [1.807, 2.05) is 83.1 Å². The molecule has 2 aliphatic rings. The summed E-state index contributed by atoms with van der Waals surface area (Å²) in [5, 5.41) is 11.9. The van der Waals surface area contributed by atoms with E-state index in [2.05, 4.69) is 19.0 Å². The third kappa shape index (κ3) is 6.49. The lowest BCUT2D eigenvalue weighted by Gasteiger charge is -2.45. The molecule has 0 amide bonds. The zero-order chi connectivity index (χ0) is 25.3. The van der Waals surface area contributed by atoms with Gasteiger partial charge in [0.1, 0.15) is 5.75 Å². The van der Waals surface area contributed by atoms with E-state index in [9.17, 15) is 9.90 Å². The molecule has 0 heterocycles. The summed E-state index contributed by atoms with van der Waals surface area (Å²) in [5.41, 5.74) is 0.942. The van der Waals surface area contributed by atoms with Crippen LogP contribution in [0.5, 0.6) is 5.75 Å². The summed E-state index contributed by atoms with van der Waals surface area (Å²) in [4.78, 5) is 14.9. The molecule has 0 saturated heterocycles. The van der Waals surface area contributed by atoms with E-state index in [4.69, 9.17) is 4.74 Å². The van der Waals surface area contributed by atoms with Gasteiger partial charge in [-0.05, 0) is 75.4 Å². The molecule has 0 radical (unpaired) electrons. The molecule has 4 heteroatoms. The summed E-state index contributed by atoms with van der Waals surface area (Å²) in [5.74, 6) is 1.22. The monoisotopic (exact) mass is 467 g/mol. The number of rotatable bonds is 6. The van der Waals surface area contributed by atoms with Crippen LogP contribution in [0.1, 0.15) is 77.3 Å². The molecule has 2 aliphatic carbocycles. The van der Waals surface area contributed by atoms with Gasteiger partial charge in [-0.15, -0.1) is 0 Å². The standard InChI is InChI=1S/C26H33NO3.2C2H6/c1-18(20-8-5-4-6-9-20)25(28)30-23-11-7-10-22(15-23)26(29)16-19-12-13-21(14-19)24(26)17-27(2)3;2*1-2/h4-11,15,18-19,21,24,29H,12-14,16-17H2,1-3H3;2*1-2H3/t18?,19?,21-,24?,26-;;/m1../s1. The number of hydrogen-bond donors (Lipinski definition) is 1. The zero-order valence-electron chi connectivity index (χ0n) is 22.3. The second-order valence-corrected chi connectivity index (χ2v) is 9.52. The van der Waals surface area contributed by atoms with Crippen molar-refractivity contribution >= 4 is 5.97 Å². The minimum absolute atomic E-state index is 0.195. The Morgan fingerprint density at radius 3 is 2.38 bits per heavy atom. The van der Waals surface area contributed by atoms with E-state index in [-0.39, 0.29) is 17.8 Å². The Kier molecular flexibility index (Phi) is 10.8. The van der Waals surface area contributed by atoms with Gasteiger partial charge in [-0.1, -0.05) is 76.6 Å². The molecular weight excluding hydrogens is 422 g/mol. The topological polar surface area (TPSA) is 49.8 Å². The summed E-state index contributed by atoms with van der Waals surface area (Å²) in [7, 11) is 4.15. The van der Waals surface area contributed by atoms with Crippen LogP contribution in [-0.4, -0.2) is 36.6 Å². The normalized spacial score (nSPS) is 26.0. The Labute approximate surface area is 207 Å². The summed E-state index contributed by atoms with van der Waals surface area (Å²) in [6.45, 7) is 10.7. The molecule has 5 atom stereocenters. The lowest BCUT2D eigenvalue weighted by Crippen LogP contribution is -2.47. The van der Waals surface area contributed by atoms with E-state index >= 15 is 0 Å². The highest BCUT2D eigenvalue weighted by atomic mass is 16.5. The molecule has 1 N–H and O–H groups in total. The van der Waals surface area contributed by atoms with Crippen molar-refractivity contribution in [2.75, 3.05) is 20.6 Å². The molecule has 2 saturated carbocycles. The highest BCUT2D eigenvalue weighted by molar-refractivity contribution is 5.79. The van der Waals surface area contributed by atoms with Gasteiger partial charge in [0, 0.05) is 12.5 Å².